The van der Waals surface area contributed by atoms with Crippen LogP contribution in [-0.4, -0.2) is 11.7 Å². The van der Waals surface area contributed by atoms with Crippen LogP contribution < -0.4 is 0 Å². The zero-order valence-corrected chi connectivity index (χ0v) is 9.35. The Morgan fingerprint density at radius 2 is 1.69 bits per heavy atom. The van der Waals surface area contributed by atoms with Crippen LogP contribution in [0.2, 0.25) is 0 Å². The Labute approximate surface area is 82.5 Å². The van der Waals surface area contributed by atoms with Crippen molar-refractivity contribution in [3.63, 3.8) is 0 Å². The third kappa shape index (κ3) is 3.40. The molecule has 0 saturated heterocycles. The van der Waals surface area contributed by atoms with E-state index in [1.807, 2.05) is 0 Å². The molecule has 0 radical (unpaired) electrons. The van der Waals surface area contributed by atoms with Gasteiger partial charge in [-0.1, -0.05) is 26.7 Å². The summed E-state index contributed by atoms with van der Waals surface area (Å²) in [5, 5.41) is 8.69. The normalized spacial score (nSPS) is 16.3. The number of aliphatic hydroxyl groups is 1. The molecule has 1 N–H and O–H groups in total. The molecular weight excluding hydrogens is 160 g/mol. The molecule has 0 heterocycles. The largest absolute Gasteiger partial charge is 0.396 e. The first kappa shape index (κ1) is 12.5. The van der Waals surface area contributed by atoms with Crippen molar-refractivity contribution in [1.82, 2.24) is 0 Å². The van der Waals surface area contributed by atoms with E-state index < -0.39 is 0 Å². The Morgan fingerprint density at radius 3 is 2.00 bits per heavy atom. The number of terminal acetylenes is 1. The number of rotatable bonds is 4. The lowest BCUT2D eigenvalue weighted by molar-refractivity contribution is 0.158. The molecule has 0 aliphatic rings. The molecule has 1 heteroatoms. The van der Waals surface area contributed by atoms with Gasteiger partial charge in [0.05, 0.1) is 0 Å². The van der Waals surface area contributed by atoms with Gasteiger partial charge in [-0.2, -0.15) is 0 Å². The Bertz CT molecular complexity index is 182. The maximum Gasteiger partial charge on any atom is 0.0431 e. The highest BCUT2D eigenvalue weighted by Gasteiger charge is 2.34. The molecular formula is C12H22O. The van der Waals surface area contributed by atoms with Gasteiger partial charge in [0.25, 0.3) is 0 Å². The maximum absolute atomic E-state index is 8.69. The van der Waals surface area contributed by atoms with Gasteiger partial charge in [0, 0.05) is 12.0 Å². The fourth-order valence-corrected chi connectivity index (χ4v) is 1.25. The lowest BCUT2D eigenvalue weighted by Crippen LogP contribution is -2.31. The maximum atomic E-state index is 8.69. The Hall–Kier alpha value is -0.480. The summed E-state index contributed by atoms with van der Waals surface area (Å²) in [5.74, 6) is 2.90. The molecule has 0 saturated carbocycles. The van der Waals surface area contributed by atoms with Crippen LogP contribution in [0.5, 0.6) is 0 Å². The molecule has 76 valence electrons. The number of hydrogen-bond acceptors (Lipinski definition) is 1. The van der Waals surface area contributed by atoms with Crippen molar-refractivity contribution in [2.45, 2.75) is 47.0 Å². The minimum absolute atomic E-state index is 0.0534. The second-order valence-electron chi connectivity index (χ2n) is 4.91. The number of unbranched alkanes of at least 4 members (excludes halogenated alkanes) is 1. The Morgan fingerprint density at radius 1 is 1.15 bits per heavy atom. The molecule has 13 heavy (non-hydrogen) atoms. The second-order valence-corrected chi connectivity index (χ2v) is 4.91. The quantitative estimate of drug-likeness (QED) is 0.523. The molecule has 0 aliphatic heterocycles. The summed E-state index contributed by atoms with van der Waals surface area (Å²) in [6.07, 6.45) is 8.42. The van der Waals surface area contributed by atoms with Gasteiger partial charge in [-0.05, 0) is 31.6 Å². The van der Waals surface area contributed by atoms with E-state index in [0.29, 0.717) is 0 Å². The van der Waals surface area contributed by atoms with Crippen molar-refractivity contribution in [1.29, 1.82) is 0 Å². The van der Waals surface area contributed by atoms with Crippen molar-refractivity contribution in [2.24, 2.45) is 10.8 Å². The first-order chi connectivity index (χ1) is 5.87. The SMILES string of the molecule is C#CC(C)(CCCCO)C(C)(C)C. The highest BCUT2D eigenvalue weighted by atomic mass is 16.2. The monoisotopic (exact) mass is 182 g/mol. The van der Waals surface area contributed by atoms with Crippen LogP contribution in [0, 0.1) is 23.2 Å². The van der Waals surface area contributed by atoms with Crippen LogP contribution in [0.15, 0.2) is 0 Å². The summed E-state index contributed by atoms with van der Waals surface area (Å²) < 4.78 is 0. The molecule has 1 atom stereocenters. The molecule has 0 aliphatic carbocycles. The van der Waals surface area contributed by atoms with E-state index in [9.17, 15) is 0 Å². The second kappa shape index (κ2) is 4.67. The predicted octanol–water partition coefficient (Wildman–Crippen LogP) is 2.83. The number of aliphatic hydroxyl groups excluding tert-OH is 1. The van der Waals surface area contributed by atoms with E-state index in [-0.39, 0.29) is 17.4 Å². The van der Waals surface area contributed by atoms with Gasteiger partial charge in [-0.3, -0.25) is 0 Å². The zero-order valence-electron chi connectivity index (χ0n) is 9.35. The first-order valence-electron chi connectivity index (χ1n) is 4.96. The summed E-state index contributed by atoms with van der Waals surface area (Å²) in [5.41, 5.74) is 0.0827. The summed E-state index contributed by atoms with van der Waals surface area (Å²) >= 11 is 0. The van der Waals surface area contributed by atoms with Crippen molar-refractivity contribution >= 4 is 0 Å². The van der Waals surface area contributed by atoms with Gasteiger partial charge in [-0.25, -0.2) is 0 Å². The van der Waals surface area contributed by atoms with Crippen molar-refractivity contribution in [2.75, 3.05) is 6.61 Å². The van der Waals surface area contributed by atoms with E-state index in [0.717, 1.165) is 19.3 Å². The van der Waals surface area contributed by atoms with Crippen LogP contribution in [-0.2, 0) is 0 Å². The van der Waals surface area contributed by atoms with Gasteiger partial charge in [0.15, 0.2) is 0 Å². The molecule has 0 aromatic rings. The molecule has 0 rings (SSSR count). The van der Waals surface area contributed by atoms with Gasteiger partial charge < -0.3 is 5.11 Å². The summed E-state index contributed by atoms with van der Waals surface area (Å²) in [4.78, 5) is 0. The van der Waals surface area contributed by atoms with E-state index in [1.165, 1.54) is 0 Å². The third-order valence-corrected chi connectivity index (χ3v) is 3.06. The molecule has 1 nitrogen and oxygen atoms in total. The molecule has 0 fully saturated rings. The number of hydrogen-bond donors (Lipinski definition) is 1. The van der Waals surface area contributed by atoms with E-state index >= 15 is 0 Å². The van der Waals surface area contributed by atoms with Crippen molar-refractivity contribution in [3.05, 3.63) is 0 Å². The molecule has 0 bridgehead atoms. The fraction of sp³-hybridized carbons (Fsp3) is 0.833. The highest BCUT2D eigenvalue weighted by Crippen LogP contribution is 2.41. The highest BCUT2D eigenvalue weighted by molar-refractivity contribution is 5.08. The average Bonchev–Trinajstić information content (AvgIpc) is 2.02. The van der Waals surface area contributed by atoms with Crippen LogP contribution in [0.25, 0.3) is 0 Å². The lowest BCUT2D eigenvalue weighted by atomic mass is 9.66. The topological polar surface area (TPSA) is 20.2 Å². The molecule has 1 unspecified atom stereocenters. The summed E-state index contributed by atoms with van der Waals surface area (Å²) in [7, 11) is 0. The zero-order chi connectivity index (χ0) is 10.5. The average molecular weight is 182 g/mol. The lowest BCUT2D eigenvalue weighted by Gasteiger charge is -2.37. The van der Waals surface area contributed by atoms with Gasteiger partial charge in [0.2, 0.25) is 0 Å². The van der Waals surface area contributed by atoms with Gasteiger partial charge in [0.1, 0.15) is 0 Å². The molecule has 0 aromatic heterocycles. The molecule has 0 amide bonds. The Kier molecular flexibility index (Phi) is 4.50. The van der Waals surface area contributed by atoms with Crippen molar-refractivity contribution in [3.8, 4) is 12.3 Å². The van der Waals surface area contributed by atoms with Crippen molar-refractivity contribution < 1.29 is 5.11 Å². The van der Waals surface area contributed by atoms with Crippen LogP contribution in [0.4, 0.5) is 0 Å². The van der Waals surface area contributed by atoms with Gasteiger partial charge in [-0.15, -0.1) is 6.42 Å². The van der Waals surface area contributed by atoms with Crippen LogP contribution >= 0.6 is 0 Å². The van der Waals surface area contributed by atoms with E-state index in [2.05, 4.69) is 33.6 Å². The van der Waals surface area contributed by atoms with Gasteiger partial charge >= 0.3 is 0 Å². The Balaban J connectivity index is 4.24. The van der Waals surface area contributed by atoms with Crippen LogP contribution in [0.1, 0.15) is 47.0 Å². The van der Waals surface area contributed by atoms with E-state index in [1.54, 1.807) is 0 Å². The van der Waals surface area contributed by atoms with E-state index in [4.69, 9.17) is 11.5 Å². The summed E-state index contributed by atoms with van der Waals surface area (Å²) in [6.45, 7) is 8.92. The predicted molar refractivity (Wildman–Crippen MR) is 57.3 cm³/mol. The van der Waals surface area contributed by atoms with Crippen LogP contribution in [0.3, 0.4) is 0 Å². The standard InChI is InChI=1S/C12H22O/c1-6-12(5,11(2,3)4)9-7-8-10-13/h1,13H,7-10H2,2-5H3. The minimum atomic E-state index is -0.0534. The minimum Gasteiger partial charge on any atom is -0.396 e. The smallest absolute Gasteiger partial charge is 0.0431 e. The third-order valence-electron chi connectivity index (χ3n) is 3.06. The summed E-state index contributed by atoms with van der Waals surface area (Å²) in [6, 6.07) is 0. The fourth-order valence-electron chi connectivity index (χ4n) is 1.25. The molecule has 0 aromatic carbocycles. The first-order valence-corrected chi connectivity index (χ1v) is 4.96. The molecule has 0 spiro atoms.